The summed E-state index contributed by atoms with van der Waals surface area (Å²) in [5, 5.41) is 3.43. The maximum atomic E-state index is 10.5. The van der Waals surface area contributed by atoms with Gasteiger partial charge in [-0.05, 0) is 12.8 Å². The largest absolute Gasteiger partial charge is 0.352 e. The van der Waals surface area contributed by atoms with Gasteiger partial charge in [0.15, 0.2) is 0 Å². The number of carbonyl (C=O) groups excluding carboxylic acids is 1. The molecular formula is C11H15ClN2O. The van der Waals surface area contributed by atoms with Crippen LogP contribution in [0.15, 0.2) is 34.9 Å². The number of amides is 2. The van der Waals surface area contributed by atoms with Gasteiger partial charge in [-0.2, -0.15) is 0 Å². The van der Waals surface area contributed by atoms with E-state index in [-0.39, 0.29) is 0 Å². The molecule has 0 bridgehead atoms. The first-order valence-electron chi connectivity index (χ1n) is 4.92. The lowest BCUT2D eigenvalue weighted by Crippen LogP contribution is -2.30. The van der Waals surface area contributed by atoms with E-state index in [9.17, 15) is 4.79 Å². The smallest absolute Gasteiger partial charge is 0.312 e. The van der Waals surface area contributed by atoms with Crippen molar-refractivity contribution in [3.63, 3.8) is 0 Å². The Labute approximate surface area is 94.7 Å². The molecule has 0 heterocycles. The van der Waals surface area contributed by atoms with Crippen LogP contribution in [0, 0.1) is 0 Å². The Kier molecular flexibility index (Phi) is 4.98. The molecule has 1 aliphatic carbocycles. The topological polar surface area (TPSA) is 55.1 Å². The molecule has 0 aromatic heterocycles. The highest BCUT2D eigenvalue weighted by molar-refractivity contribution is 6.29. The fourth-order valence-corrected chi connectivity index (χ4v) is 1.51. The Morgan fingerprint density at radius 2 is 2.33 bits per heavy atom. The minimum absolute atomic E-state index is 0.478. The van der Waals surface area contributed by atoms with Crippen LogP contribution in [0.4, 0.5) is 4.79 Å². The van der Waals surface area contributed by atoms with Gasteiger partial charge >= 0.3 is 6.03 Å². The van der Waals surface area contributed by atoms with Crippen molar-refractivity contribution in [3.8, 4) is 0 Å². The Bertz CT molecular complexity index is 319. The van der Waals surface area contributed by atoms with Crippen molar-refractivity contribution in [3.05, 3.63) is 34.9 Å². The van der Waals surface area contributed by atoms with E-state index in [4.69, 9.17) is 17.3 Å². The standard InChI is InChI=1S/C11H15ClN2O/c12-10-5-1-3-9(4-2-6-10)7-8-14-11(13)15/h1,3-4,6H,2,5,7-8H2,(H3,13,14,15)/b3-1-,9-4+,10-6+. The van der Waals surface area contributed by atoms with Crippen LogP contribution in [0.25, 0.3) is 0 Å². The second-order valence-corrected chi connectivity index (χ2v) is 3.80. The molecule has 0 saturated heterocycles. The second kappa shape index (κ2) is 6.30. The third-order valence-corrected chi connectivity index (χ3v) is 2.39. The van der Waals surface area contributed by atoms with Crippen molar-refractivity contribution in [2.75, 3.05) is 6.54 Å². The summed E-state index contributed by atoms with van der Waals surface area (Å²) in [4.78, 5) is 10.5. The first-order valence-corrected chi connectivity index (χ1v) is 5.29. The first kappa shape index (κ1) is 11.9. The molecule has 0 aliphatic heterocycles. The molecule has 0 spiro atoms. The normalized spacial score (nSPS) is 25.1. The van der Waals surface area contributed by atoms with Crippen LogP contribution in [-0.2, 0) is 0 Å². The van der Waals surface area contributed by atoms with E-state index in [0.29, 0.717) is 6.54 Å². The van der Waals surface area contributed by atoms with E-state index in [1.54, 1.807) is 0 Å². The van der Waals surface area contributed by atoms with Crippen LogP contribution in [-0.4, -0.2) is 12.6 Å². The van der Waals surface area contributed by atoms with Crippen LogP contribution in [0.3, 0.4) is 0 Å². The minimum Gasteiger partial charge on any atom is -0.352 e. The van der Waals surface area contributed by atoms with Crippen LogP contribution in [0.1, 0.15) is 19.3 Å². The summed E-state index contributed by atoms with van der Waals surface area (Å²) in [5.74, 6) is 0. The number of hydrogen-bond acceptors (Lipinski definition) is 1. The number of halogens is 1. The van der Waals surface area contributed by atoms with E-state index in [0.717, 1.165) is 24.3 Å². The summed E-state index contributed by atoms with van der Waals surface area (Å²) < 4.78 is 0. The van der Waals surface area contributed by atoms with Gasteiger partial charge in [-0.1, -0.05) is 41.5 Å². The highest BCUT2D eigenvalue weighted by Crippen LogP contribution is 2.15. The Hall–Kier alpha value is -1.22. The molecule has 3 N–H and O–H groups in total. The number of carbonyl (C=O) groups is 1. The van der Waals surface area contributed by atoms with Gasteiger partial charge in [-0.15, -0.1) is 0 Å². The third kappa shape index (κ3) is 5.27. The monoisotopic (exact) mass is 226 g/mol. The Morgan fingerprint density at radius 3 is 3.07 bits per heavy atom. The average Bonchev–Trinajstić information content (AvgIpc) is 2.13. The van der Waals surface area contributed by atoms with E-state index < -0.39 is 6.03 Å². The van der Waals surface area contributed by atoms with Gasteiger partial charge in [0.2, 0.25) is 0 Å². The molecule has 0 saturated carbocycles. The van der Waals surface area contributed by atoms with Crippen LogP contribution < -0.4 is 11.1 Å². The predicted molar refractivity (Wildman–Crippen MR) is 62.6 cm³/mol. The SMILES string of the molecule is NC(=O)NCCC1=C/C/C=C(/Cl)C/C=C\1. The van der Waals surface area contributed by atoms with Crippen LogP contribution in [0.2, 0.25) is 0 Å². The molecule has 0 fully saturated rings. The van der Waals surface area contributed by atoms with E-state index >= 15 is 0 Å². The molecule has 0 radical (unpaired) electrons. The van der Waals surface area contributed by atoms with Gasteiger partial charge in [0, 0.05) is 18.0 Å². The second-order valence-electron chi connectivity index (χ2n) is 3.31. The molecule has 1 rings (SSSR count). The van der Waals surface area contributed by atoms with E-state index in [2.05, 4.69) is 11.4 Å². The van der Waals surface area contributed by atoms with Gasteiger partial charge in [-0.25, -0.2) is 4.79 Å². The molecule has 82 valence electrons. The van der Waals surface area contributed by atoms with Gasteiger partial charge in [0.1, 0.15) is 0 Å². The van der Waals surface area contributed by atoms with Crippen LogP contribution >= 0.6 is 11.6 Å². The molecule has 0 unspecified atom stereocenters. The lowest BCUT2D eigenvalue weighted by Gasteiger charge is -2.05. The van der Waals surface area contributed by atoms with Crippen molar-refractivity contribution >= 4 is 17.6 Å². The lowest BCUT2D eigenvalue weighted by atomic mass is 10.1. The number of nitrogens with one attached hydrogen (secondary N) is 1. The summed E-state index contributed by atoms with van der Waals surface area (Å²) >= 11 is 5.89. The zero-order valence-electron chi connectivity index (χ0n) is 8.50. The number of primary amides is 1. The van der Waals surface area contributed by atoms with Crippen molar-refractivity contribution in [2.45, 2.75) is 19.3 Å². The molecule has 3 nitrogen and oxygen atoms in total. The zero-order valence-corrected chi connectivity index (χ0v) is 9.26. The summed E-state index contributed by atoms with van der Waals surface area (Å²) in [7, 11) is 0. The van der Waals surface area contributed by atoms with E-state index in [1.165, 1.54) is 5.57 Å². The maximum Gasteiger partial charge on any atom is 0.312 e. The highest BCUT2D eigenvalue weighted by atomic mass is 35.5. The summed E-state index contributed by atoms with van der Waals surface area (Å²) in [6.45, 7) is 0.572. The van der Waals surface area contributed by atoms with Crippen molar-refractivity contribution < 1.29 is 4.79 Å². The molecule has 0 aromatic carbocycles. The first-order chi connectivity index (χ1) is 7.18. The van der Waals surface area contributed by atoms with Crippen molar-refractivity contribution in [2.24, 2.45) is 5.73 Å². The summed E-state index contributed by atoms with van der Waals surface area (Å²) in [6, 6.07) is -0.478. The van der Waals surface area contributed by atoms with Gasteiger partial charge < -0.3 is 11.1 Å². The number of allylic oxidation sites excluding steroid dienone is 5. The zero-order chi connectivity index (χ0) is 11.1. The molecule has 4 heteroatoms. The number of nitrogens with two attached hydrogens (primary N) is 1. The number of urea groups is 1. The van der Waals surface area contributed by atoms with Gasteiger partial charge in [0.05, 0.1) is 0 Å². The fourth-order valence-electron chi connectivity index (χ4n) is 1.33. The Balaban J connectivity index is 2.41. The highest BCUT2D eigenvalue weighted by Gasteiger charge is 1.98. The predicted octanol–water partition coefficient (Wildman–Crippen LogP) is 2.44. The molecule has 0 aromatic rings. The summed E-state index contributed by atoms with van der Waals surface area (Å²) in [5.41, 5.74) is 6.17. The lowest BCUT2D eigenvalue weighted by molar-refractivity contribution is 0.249. The number of hydrogen-bond donors (Lipinski definition) is 2. The van der Waals surface area contributed by atoms with E-state index in [1.807, 2.05) is 18.2 Å². The van der Waals surface area contributed by atoms with Crippen molar-refractivity contribution in [1.29, 1.82) is 0 Å². The minimum atomic E-state index is -0.478. The molecular weight excluding hydrogens is 212 g/mol. The fraction of sp³-hybridized carbons (Fsp3) is 0.364. The maximum absolute atomic E-state index is 10.5. The average molecular weight is 227 g/mol. The van der Waals surface area contributed by atoms with Gasteiger partial charge in [0.25, 0.3) is 0 Å². The van der Waals surface area contributed by atoms with Crippen molar-refractivity contribution in [1.82, 2.24) is 5.32 Å². The quantitative estimate of drug-likeness (QED) is 0.763. The Morgan fingerprint density at radius 1 is 1.53 bits per heavy atom. The molecule has 2 amide bonds. The van der Waals surface area contributed by atoms with Crippen LogP contribution in [0.5, 0.6) is 0 Å². The number of rotatable bonds is 3. The molecule has 1 aliphatic rings. The van der Waals surface area contributed by atoms with Gasteiger partial charge in [-0.3, -0.25) is 0 Å². The molecule has 15 heavy (non-hydrogen) atoms. The summed E-state index contributed by atoms with van der Waals surface area (Å²) in [6.07, 6.45) is 10.6. The third-order valence-electron chi connectivity index (χ3n) is 2.08. The molecule has 0 atom stereocenters.